The van der Waals surface area contributed by atoms with Crippen LogP contribution in [0.3, 0.4) is 0 Å². The highest BCUT2D eigenvalue weighted by molar-refractivity contribution is 7.13. The zero-order valence-corrected chi connectivity index (χ0v) is 21.1. The fourth-order valence-electron chi connectivity index (χ4n) is 3.91. The fraction of sp³-hybridized carbons (Fsp3) is 0.0645. The summed E-state index contributed by atoms with van der Waals surface area (Å²) in [7, 11) is 0. The maximum absolute atomic E-state index is 13.0. The normalized spacial score (nSPS) is 11.3. The van der Waals surface area contributed by atoms with E-state index in [4.69, 9.17) is 13.9 Å². The first-order chi connectivity index (χ1) is 18.7. The number of hydrogen-bond acceptors (Lipinski definition) is 7. The van der Waals surface area contributed by atoms with Gasteiger partial charge >= 0.3 is 5.97 Å². The lowest BCUT2D eigenvalue weighted by atomic mass is 10.1. The second kappa shape index (κ2) is 11.4. The number of rotatable bonds is 9. The summed E-state index contributed by atoms with van der Waals surface area (Å²) in [6, 6.07) is 30.2. The predicted molar refractivity (Wildman–Crippen MR) is 146 cm³/mol. The van der Waals surface area contributed by atoms with Gasteiger partial charge in [0.15, 0.2) is 0 Å². The second-order valence-electron chi connectivity index (χ2n) is 8.18. The van der Waals surface area contributed by atoms with Crippen LogP contribution in [0, 0.1) is 11.3 Å². The smallest absolute Gasteiger partial charge is 0.352 e. The number of aromatic nitrogens is 1. The number of carbonyl (C=O) groups excluding carboxylic acids is 1. The van der Waals surface area contributed by atoms with Gasteiger partial charge < -0.3 is 13.9 Å². The van der Waals surface area contributed by atoms with E-state index in [0.29, 0.717) is 28.3 Å². The number of furan rings is 1. The predicted octanol–water partition coefficient (Wildman–Crippen LogP) is 7.46. The molecule has 5 rings (SSSR count). The summed E-state index contributed by atoms with van der Waals surface area (Å²) in [4.78, 5) is 18.6. The van der Waals surface area contributed by atoms with Crippen LogP contribution in [0.5, 0.6) is 5.88 Å². The van der Waals surface area contributed by atoms with Crippen molar-refractivity contribution in [3.05, 3.63) is 120 Å². The number of thiophene rings is 1. The Morgan fingerprint density at radius 1 is 1.03 bits per heavy atom. The molecule has 38 heavy (non-hydrogen) atoms. The van der Waals surface area contributed by atoms with Gasteiger partial charge in [0.05, 0.1) is 10.6 Å². The van der Waals surface area contributed by atoms with E-state index in [1.165, 1.54) is 17.4 Å². The number of ether oxygens (including phenoxy) is 2. The van der Waals surface area contributed by atoms with Crippen molar-refractivity contribution in [1.29, 1.82) is 5.26 Å². The van der Waals surface area contributed by atoms with Gasteiger partial charge in [-0.25, -0.2) is 9.78 Å². The fourth-order valence-corrected chi connectivity index (χ4v) is 4.59. The largest absolute Gasteiger partial charge is 0.458 e. The molecular formula is C31H22N2O4S. The quantitative estimate of drug-likeness (QED) is 0.149. The summed E-state index contributed by atoms with van der Waals surface area (Å²) in [6.45, 7) is 3.63. The third-order valence-corrected chi connectivity index (χ3v) is 6.58. The van der Waals surface area contributed by atoms with Crippen LogP contribution in [0.2, 0.25) is 0 Å². The van der Waals surface area contributed by atoms with Crippen LogP contribution in [-0.4, -0.2) is 17.6 Å². The topological polar surface area (TPSA) is 85.3 Å². The summed E-state index contributed by atoms with van der Waals surface area (Å²) in [5.74, 6) is 0.539. The summed E-state index contributed by atoms with van der Waals surface area (Å²) < 4.78 is 17.7. The molecule has 5 aromatic rings. The third kappa shape index (κ3) is 5.26. The summed E-state index contributed by atoms with van der Waals surface area (Å²) >= 11 is 1.50. The van der Waals surface area contributed by atoms with Crippen LogP contribution in [0.4, 0.5) is 0 Å². The lowest BCUT2D eigenvalue weighted by molar-refractivity contribution is -0.151. The second-order valence-corrected chi connectivity index (χ2v) is 9.13. The average Bonchev–Trinajstić information content (AvgIpc) is 3.68. The standard InChI is InChI=1S/C31H22N2O4S/c1-2-17-35-31(34)29(22-12-7-4-8-13-22)37-30-24(20-32)23(19-25(33-30)28-14-9-18-38-28)27-16-15-26(36-27)21-10-5-3-6-11-21/h2-16,18-19,29H,1,17H2. The van der Waals surface area contributed by atoms with Crippen molar-refractivity contribution in [2.24, 2.45) is 0 Å². The van der Waals surface area contributed by atoms with Crippen LogP contribution < -0.4 is 4.74 Å². The first-order valence-corrected chi connectivity index (χ1v) is 12.7. The molecule has 0 radical (unpaired) electrons. The van der Waals surface area contributed by atoms with Crippen molar-refractivity contribution in [3.63, 3.8) is 0 Å². The first-order valence-electron chi connectivity index (χ1n) is 11.8. The Hall–Kier alpha value is -4.93. The van der Waals surface area contributed by atoms with Crippen molar-refractivity contribution in [2.75, 3.05) is 6.61 Å². The molecule has 0 saturated carbocycles. The maximum Gasteiger partial charge on any atom is 0.352 e. The molecule has 6 nitrogen and oxygen atoms in total. The number of benzene rings is 2. The first kappa shape index (κ1) is 24.8. The number of nitriles is 1. The van der Waals surface area contributed by atoms with E-state index in [0.717, 1.165) is 10.4 Å². The van der Waals surface area contributed by atoms with Gasteiger partial charge in [0, 0.05) is 16.7 Å². The lowest BCUT2D eigenvalue weighted by Gasteiger charge is -2.19. The molecule has 0 N–H and O–H groups in total. The highest BCUT2D eigenvalue weighted by Gasteiger charge is 2.28. The van der Waals surface area contributed by atoms with Crippen LogP contribution in [0.25, 0.3) is 33.2 Å². The van der Waals surface area contributed by atoms with Crippen LogP contribution in [0.15, 0.2) is 113 Å². The minimum absolute atomic E-state index is 0.00969. The van der Waals surface area contributed by atoms with E-state index in [9.17, 15) is 10.1 Å². The molecule has 7 heteroatoms. The van der Waals surface area contributed by atoms with E-state index in [-0.39, 0.29) is 18.1 Å². The molecule has 0 saturated heterocycles. The Kier molecular flexibility index (Phi) is 7.44. The van der Waals surface area contributed by atoms with Crippen LogP contribution in [-0.2, 0) is 9.53 Å². The molecule has 0 aliphatic carbocycles. The molecule has 0 spiro atoms. The van der Waals surface area contributed by atoms with Crippen molar-refractivity contribution in [1.82, 2.24) is 4.98 Å². The van der Waals surface area contributed by atoms with E-state index >= 15 is 0 Å². The number of esters is 1. The molecule has 0 bridgehead atoms. The highest BCUT2D eigenvalue weighted by atomic mass is 32.1. The van der Waals surface area contributed by atoms with Gasteiger partial charge in [0.25, 0.3) is 0 Å². The van der Waals surface area contributed by atoms with Crippen LogP contribution in [0.1, 0.15) is 17.2 Å². The molecule has 0 aliphatic heterocycles. The Balaban J connectivity index is 1.63. The zero-order valence-electron chi connectivity index (χ0n) is 20.2. The number of nitrogens with zero attached hydrogens (tertiary/aromatic N) is 2. The number of hydrogen-bond donors (Lipinski definition) is 0. The minimum atomic E-state index is -1.14. The summed E-state index contributed by atoms with van der Waals surface area (Å²) in [5, 5.41) is 12.2. The maximum atomic E-state index is 13.0. The molecule has 1 atom stereocenters. The van der Waals surface area contributed by atoms with Gasteiger partial charge in [-0.2, -0.15) is 5.26 Å². The molecule has 0 aliphatic rings. The van der Waals surface area contributed by atoms with Gasteiger partial charge in [0.1, 0.15) is 29.8 Å². The Morgan fingerprint density at radius 2 is 1.76 bits per heavy atom. The van der Waals surface area contributed by atoms with Crippen LogP contribution >= 0.6 is 11.3 Å². The number of pyridine rings is 1. The average molecular weight is 519 g/mol. The molecule has 1 unspecified atom stereocenters. The Labute approximate surface area is 224 Å². The summed E-state index contributed by atoms with van der Waals surface area (Å²) in [5.41, 5.74) is 2.73. The van der Waals surface area contributed by atoms with Gasteiger partial charge in [-0.15, -0.1) is 11.3 Å². The van der Waals surface area contributed by atoms with E-state index in [1.54, 1.807) is 30.3 Å². The Bertz CT molecular complexity index is 1590. The Morgan fingerprint density at radius 3 is 2.45 bits per heavy atom. The lowest BCUT2D eigenvalue weighted by Crippen LogP contribution is -2.22. The highest BCUT2D eigenvalue weighted by Crippen LogP contribution is 2.38. The van der Waals surface area contributed by atoms with E-state index < -0.39 is 12.1 Å². The van der Waals surface area contributed by atoms with Crippen molar-refractivity contribution in [2.45, 2.75) is 6.10 Å². The molecule has 2 aromatic carbocycles. The number of carbonyl (C=O) groups is 1. The van der Waals surface area contributed by atoms with Gasteiger partial charge in [0.2, 0.25) is 12.0 Å². The molecule has 0 fully saturated rings. The van der Waals surface area contributed by atoms with Crippen molar-refractivity contribution >= 4 is 17.3 Å². The molecule has 3 aromatic heterocycles. The SMILES string of the molecule is C=CCOC(=O)C(Oc1nc(-c2cccs2)cc(-c2ccc(-c3ccccc3)o2)c1C#N)c1ccccc1. The van der Waals surface area contributed by atoms with Gasteiger partial charge in [-0.05, 0) is 29.6 Å². The minimum Gasteiger partial charge on any atom is -0.458 e. The van der Waals surface area contributed by atoms with Gasteiger partial charge in [-0.3, -0.25) is 0 Å². The molecular weight excluding hydrogens is 496 g/mol. The molecule has 3 heterocycles. The molecule has 186 valence electrons. The van der Waals surface area contributed by atoms with Crippen molar-refractivity contribution in [3.8, 4) is 45.2 Å². The zero-order chi connectivity index (χ0) is 26.3. The summed E-state index contributed by atoms with van der Waals surface area (Å²) in [6.07, 6.45) is 0.342. The third-order valence-electron chi connectivity index (χ3n) is 5.69. The monoisotopic (exact) mass is 518 g/mol. The van der Waals surface area contributed by atoms with E-state index in [2.05, 4.69) is 17.6 Å². The molecule has 0 amide bonds. The van der Waals surface area contributed by atoms with Crippen molar-refractivity contribution < 1.29 is 18.7 Å². The van der Waals surface area contributed by atoms with Gasteiger partial charge in [-0.1, -0.05) is 79.4 Å². The van der Waals surface area contributed by atoms with E-state index in [1.807, 2.05) is 66.0 Å².